The highest BCUT2D eigenvalue weighted by molar-refractivity contribution is 5.76. The molecular weight excluding hydrogens is 232 g/mol. The van der Waals surface area contributed by atoms with Crippen LogP contribution in [0.3, 0.4) is 0 Å². The van der Waals surface area contributed by atoms with Gasteiger partial charge in [0.25, 0.3) is 0 Å². The van der Waals surface area contributed by atoms with E-state index in [4.69, 9.17) is 5.11 Å². The fourth-order valence-corrected chi connectivity index (χ4v) is 2.33. The van der Waals surface area contributed by atoms with E-state index in [0.29, 0.717) is 6.42 Å². The van der Waals surface area contributed by atoms with Gasteiger partial charge in [-0.15, -0.1) is 0 Å². The molecule has 0 aromatic carbocycles. The van der Waals surface area contributed by atoms with E-state index in [1.54, 1.807) is 0 Å². The zero-order chi connectivity index (χ0) is 13.6. The Balaban J connectivity index is 2.33. The lowest BCUT2D eigenvalue weighted by Crippen LogP contribution is -2.56. The molecule has 1 aliphatic carbocycles. The van der Waals surface area contributed by atoms with Gasteiger partial charge in [-0.2, -0.15) is 0 Å². The largest absolute Gasteiger partial charge is 0.481 e. The second kappa shape index (κ2) is 6.61. The first-order chi connectivity index (χ1) is 8.53. The number of carbonyl (C=O) groups excluding carboxylic acids is 1. The number of urea groups is 1. The summed E-state index contributed by atoms with van der Waals surface area (Å²) in [6.45, 7) is 4.21. The van der Waals surface area contributed by atoms with Gasteiger partial charge in [0.2, 0.25) is 0 Å². The lowest BCUT2D eigenvalue weighted by atomic mass is 9.75. The van der Waals surface area contributed by atoms with Crippen LogP contribution < -0.4 is 10.6 Å². The Morgan fingerprint density at radius 3 is 2.39 bits per heavy atom. The van der Waals surface area contributed by atoms with Gasteiger partial charge < -0.3 is 15.7 Å². The quantitative estimate of drug-likeness (QED) is 0.653. The first-order valence-corrected chi connectivity index (χ1v) is 6.82. The molecule has 0 bridgehead atoms. The second-order valence-electron chi connectivity index (χ2n) is 5.15. The molecule has 104 valence electrons. The highest BCUT2D eigenvalue weighted by Crippen LogP contribution is 2.34. The van der Waals surface area contributed by atoms with Crippen LogP contribution in [-0.4, -0.2) is 29.2 Å². The van der Waals surface area contributed by atoms with Crippen LogP contribution in [0.25, 0.3) is 0 Å². The van der Waals surface area contributed by atoms with E-state index in [1.807, 2.05) is 6.92 Å². The summed E-state index contributed by atoms with van der Waals surface area (Å²) in [4.78, 5) is 22.7. The summed E-state index contributed by atoms with van der Waals surface area (Å²) in [6, 6.07) is -0.237. The number of nitrogens with one attached hydrogen (secondary N) is 2. The maximum absolute atomic E-state index is 11.7. The summed E-state index contributed by atoms with van der Waals surface area (Å²) in [6.07, 6.45) is 5.52. The third kappa shape index (κ3) is 3.89. The summed E-state index contributed by atoms with van der Waals surface area (Å²) in [5, 5.41) is 14.6. The zero-order valence-corrected chi connectivity index (χ0v) is 11.3. The van der Waals surface area contributed by atoms with Gasteiger partial charge in [0, 0.05) is 12.1 Å². The van der Waals surface area contributed by atoms with Gasteiger partial charge in [0.15, 0.2) is 0 Å². The first-order valence-electron chi connectivity index (χ1n) is 6.82. The molecular formula is C13H24N2O3. The van der Waals surface area contributed by atoms with Crippen molar-refractivity contribution in [3.63, 3.8) is 0 Å². The fraction of sp³-hybridized carbons (Fsp3) is 0.846. The van der Waals surface area contributed by atoms with E-state index in [2.05, 4.69) is 17.6 Å². The summed E-state index contributed by atoms with van der Waals surface area (Å²) in [5.74, 6) is -1.33. The molecule has 0 aromatic rings. The molecule has 0 radical (unpaired) electrons. The molecule has 1 unspecified atom stereocenters. The highest BCUT2D eigenvalue weighted by atomic mass is 16.4. The monoisotopic (exact) mass is 256 g/mol. The zero-order valence-electron chi connectivity index (χ0n) is 11.3. The Labute approximate surface area is 108 Å². The summed E-state index contributed by atoms with van der Waals surface area (Å²) in [7, 11) is 0. The normalized spacial score (nSPS) is 18.6. The number of carboxylic acid groups (broad SMARTS) is 1. The molecule has 0 heterocycles. The fourth-order valence-electron chi connectivity index (χ4n) is 2.33. The van der Waals surface area contributed by atoms with Gasteiger partial charge in [-0.3, -0.25) is 4.79 Å². The van der Waals surface area contributed by atoms with Crippen LogP contribution in [0.4, 0.5) is 4.79 Å². The smallest absolute Gasteiger partial charge is 0.315 e. The minimum Gasteiger partial charge on any atom is -0.481 e. The molecule has 1 atom stereocenters. The summed E-state index contributed by atoms with van der Waals surface area (Å²) in [5.41, 5.74) is -0.0481. The standard InChI is InChI=1S/C13H24N2O3/c1-3-6-10(11(16)17)9-14-12(18)15-13(4-2)7-5-8-13/h10H,3-9H2,1-2H3,(H,16,17)(H2,14,15,18). The predicted molar refractivity (Wildman–Crippen MR) is 69.4 cm³/mol. The molecule has 3 N–H and O–H groups in total. The third-order valence-electron chi connectivity index (χ3n) is 3.86. The lowest BCUT2D eigenvalue weighted by molar-refractivity contribution is -0.141. The van der Waals surface area contributed by atoms with Crippen molar-refractivity contribution in [3.05, 3.63) is 0 Å². The Bertz CT molecular complexity index is 295. The Hall–Kier alpha value is -1.26. The molecule has 1 fully saturated rings. The molecule has 2 amide bonds. The Morgan fingerprint density at radius 2 is 2.00 bits per heavy atom. The molecule has 18 heavy (non-hydrogen) atoms. The van der Waals surface area contributed by atoms with Crippen LogP contribution in [0.5, 0.6) is 0 Å². The van der Waals surface area contributed by atoms with E-state index in [1.165, 1.54) is 0 Å². The van der Waals surface area contributed by atoms with Gasteiger partial charge in [-0.1, -0.05) is 20.3 Å². The van der Waals surface area contributed by atoms with Crippen molar-refractivity contribution >= 4 is 12.0 Å². The molecule has 0 saturated heterocycles. The van der Waals surface area contributed by atoms with Crippen molar-refractivity contribution in [3.8, 4) is 0 Å². The van der Waals surface area contributed by atoms with Crippen LogP contribution in [-0.2, 0) is 4.79 Å². The van der Waals surface area contributed by atoms with E-state index in [-0.39, 0.29) is 18.1 Å². The van der Waals surface area contributed by atoms with Gasteiger partial charge in [0.05, 0.1) is 5.92 Å². The molecule has 1 rings (SSSR count). The van der Waals surface area contributed by atoms with Crippen LogP contribution in [0, 0.1) is 5.92 Å². The van der Waals surface area contributed by atoms with E-state index >= 15 is 0 Å². The predicted octanol–water partition coefficient (Wildman–Crippen LogP) is 2.12. The van der Waals surface area contributed by atoms with Crippen molar-refractivity contribution in [2.45, 2.75) is 57.9 Å². The minimum absolute atomic E-state index is 0.0481. The van der Waals surface area contributed by atoms with Crippen LogP contribution in [0.15, 0.2) is 0 Å². The molecule has 5 nitrogen and oxygen atoms in total. The molecule has 5 heteroatoms. The van der Waals surface area contributed by atoms with Crippen LogP contribution in [0.2, 0.25) is 0 Å². The Morgan fingerprint density at radius 1 is 1.33 bits per heavy atom. The van der Waals surface area contributed by atoms with Crippen LogP contribution in [0.1, 0.15) is 52.4 Å². The first kappa shape index (κ1) is 14.8. The SMILES string of the molecule is CCCC(CNC(=O)NC1(CC)CCC1)C(=O)O. The number of aliphatic carboxylic acids is 1. The number of hydrogen-bond acceptors (Lipinski definition) is 2. The number of rotatable bonds is 7. The van der Waals surface area contributed by atoms with Gasteiger partial charge in [-0.25, -0.2) is 4.79 Å². The summed E-state index contributed by atoms with van der Waals surface area (Å²) >= 11 is 0. The van der Waals surface area contributed by atoms with Gasteiger partial charge in [0.1, 0.15) is 0 Å². The molecule has 1 saturated carbocycles. The van der Waals surface area contributed by atoms with Crippen LogP contribution >= 0.6 is 0 Å². The average molecular weight is 256 g/mol. The molecule has 0 spiro atoms. The maximum atomic E-state index is 11.7. The number of amides is 2. The van der Waals surface area contributed by atoms with Crippen molar-refractivity contribution in [1.82, 2.24) is 10.6 Å². The van der Waals surface area contributed by atoms with Gasteiger partial charge in [-0.05, 0) is 32.1 Å². The average Bonchev–Trinajstić information content (AvgIpc) is 2.28. The van der Waals surface area contributed by atoms with Crippen molar-refractivity contribution in [2.75, 3.05) is 6.54 Å². The minimum atomic E-state index is -0.842. The second-order valence-corrected chi connectivity index (χ2v) is 5.15. The molecule has 0 aromatic heterocycles. The Kier molecular flexibility index (Phi) is 5.44. The number of carbonyl (C=O) groups is 2. The topological polar surface area (TPSA) is 78.4 Å². The van der Waals surface area contributed by atoms with E-state index in [0.717, 1.165) is 32.1 Å². The van der Waals surface area contributed by atoms with E-state index in [9.17, 15) is 9.59 Å². The number of carboxylic acids is 1. The number of hydrogen-bond donors (Lipinski definition) is 3. The van der Waals surface area contributed by atoms with Crippen molar-refractivity contribution in [2.24, 2.45) is 5.92 Å². The maximum Gasteiger partial charge on any atom is 0.315 e. The highest BCUT2D eigenvalue weighted by Gasteiger charge is 2.36. The van der Waals surface area contributed by atoms with E-state index < -0.39 is 11.9 Å². The van der Waals surface area contributed by atoms with Gasteiger partial charge >= 0.3 is 12.0 Å². The van der Waals surface area contributed by atoms with Crippen molar-refractivity contribution in [1.29, 1.82) is 0 Å². The van der Waals surface area contributed by atoms with Crippen molar-refractivity contribution < 1.29 is 14.7 Å². The lowest BCUT2D eigenvalue weighted by Gasteiger charge is -2.41. The summed E-state index contributed by atoms with van der Waals surface area (Å²) < 4.78 is 0. The molecule has 1 aliphatic rings. The third-order valence-corrected chi connectivity index (χ3v) is 3.86. The molecule has 0 aliphatic heterocycles.